The fourth-order valence-corrected chi connectivity index (χ4v) is 2.90. The molecule has 0 aromatic heterocycles. The van der Waals surface area contributed by atoms with Gasteiger partial charge in [-0.3, -0.25) is 0 Å². The number of rotatable bonds is 3. The van der Waals surface area contributed by atoms with Crippen LogP contribution in [0.25, 0.3) is 0 Å². The number of hydrogen-bond donors (Lipinski definition) is 0. The Morgan fingerprint density at radius 1 is 1.00 bits per heavy atom. The van der Waals surface area contributed by atoms with E-state index in [9.17, 15) is 0 Å². The molecule has 0 saturated heterocycles. The van der Waals surface area contributed by atoms with E-state index in [2.05, 4.69) is 46.3 Å². The first-order valence-corrected chi connectivity index (χ1v) is 7.17. The van der Waals surface area contributed by atoms with Crippen LogP contribution in [0.3, 0.4) is 0 Å². The lowest BCUT2D eigenvalue weighted by Crippen LogP contribution is -1.95. The van der Waals surface area contributed by atoms with Crippen molar-refractivity contribution in [1.82, 2.24) is 0 Å². The van der Waals surface area contributed by atoms with Gasteiger partial charge in [0.1, 0.15) is 5.75 Å². The number of halogens is 1. The Kier molecular flexibility index (Phi) is 3.58. The molecule has 0 radical (unpaired) electrons. The van der Waals surface area contributed by atoms with Crippen molar-refractivity contribution in [2.45, 2.75) is 18.0 Å². The number of fused-ring (bicyclic) bond motifs is 1. The highest BCUT2D eigenvalue weighted by Crippen LogP contribution is 2.34. The average Bonchev–Trinajstić information content (AvgIpc) is 2.94. The van der Waals surface area contributed by atoms with Crippen LogP contribution in [0.1, 0.15) is 27.1 Å². The molecule has 1 aliphatic heterocycles. The predicted octanol–water partition coefficient (Wildman–Crippen LogP) is 4.21. The molecule has 1 heterocycles. The molecule has 2 aromatic rings. The van der Waals surface area contributed by atoms with Crippen molar-refractivity contribution in [3.05, 3.63) is 64.7 Å². The van der Waals surface area contributed by atoms with Crippen LogP contribution in [0.5, 0.6) is 5.75 Å². The van der Waals surface area contributed by atoms with Crippen molar-refractivity contribution < 1.29 is 9.47 Å². The molecule has 0 spiro atoms. The summed E-state index contributed by atoms with van der Waals surface area (Å²) in [4.78, 5) is 0.198. The SMILES string of the molecule is COc1ccc(C(Br)c2ccc3c(c2)COC3)cc1. The Bertz CT molecular complexity index is 578. The second kappa shape index (κ2) is 5.35. The van der Waals surface area contributed by atoms with Gasteiger partial charge < -0.3 is 9.47 Å². The van der Waals surface area contributed by atoms with Crippen LogP contribution in [0.15, 0.2) is 42.5 Å². The van der Waals surface area contributed by atoms with Gasteiger partial charge >= 0.3 is 0 Å². The van der Waals surface area contributed by atoms with E-state index >= 15 is 0 Å². The van der Waals surface area contributed by atoms with Gasteiger partial charge in [-0.15, -0.1) is 0 Å². The minimum Gasteiger partial charge on any atom is -0.497 e. The molecule has 0 saturated carbocycles. The molecule has 3 heteroatoms. The van der Waals surface area contributed by atoms with Crippen molar-refractivity contribution in [3.63, 3.8) is 0 Å². The molecular weight excluding hydrogens is 304 g/mol. The second-order valence-corrected chi connectivity index (χ2v) is 5.57. The van der Waals surface area contributed by atoms with Crippen molar-refractivity contribution in [2.75, 3.05) is 7.11 Å². The summed E-state index contributed by atoms with van der Waals surface area (Å²) in [6.07, 6.45) is 0. The lowest BCUT2D eigenvalue weighted by atomic mass is 10.0. The van der Waals surface area contributed by atoms with Crippen molar-refractivity contribution in [3.8, 4) is 5.75 Å². The lowest BCUT2D eigenvalue weighted by Gasteiger charge is -2.12. The van der Waals surface area contributed by atoms with E-state index in [1.54, 1.807) is 7.11 Å². The Morgan fingerprint density at radius 2 is 1.68 bits per heavy atom. The number of hydrogen-bond acceptors (Lipinski definition) is 2. The molecule has 0 bridgehead atoms. The van der Waals surface area contributed by atoms with E-state index in [0.717, 1.165) is 19.0 Å². The molecule has 19 heavy (non-hydrogen) atoms. The topological polar surface area (TPSA) is 18.5 Å². The highest BCUT2D eigenvalue weighted by Gasteiger charge is 2.15. The molecule has 2 aromatic carbocycles. The molecule has 2 nitrogen and oxygen atoms in total. The van der Waals surface area contributed by atoms with Crippen LogP contribution in [-0.4, -0.2) is 7.11 Å². The largest absolute Gasteiger partial charge is 0.497 e. The quantitative estimate of drug-likeness (QED) is 0.789. The summed E-state index contributed by atoms with van der Waals surface area (Å²) in [6, 6.07) is 14.7. The van der Waals surface area contributed by atoms with Crippen LogP contribution in [0.4, 0.5) is 0 Å². The fraction of sp³-hybridized carbons (Fsp3) is 0.250. The van der Waals surface area contributed by atoms with Crippen LogP contribution in [0, 0.1) is 0 Å². The maximum absolute atomic E-state index is 5.45. The molecule has 98 valence electrons. The van der Waals surface area contributed by atoms with Crippen LogP contribution >= 0.6 is 15.9 Å². The zero-order chi connectivity index (χ0) is 13.2. The number of benzene rings is 2. The third-order valence-electron chi connectivity index (χ3n) is 3.45. The Hall–Kier alpha value is -1.32. The van der Waals surface area contributed by atoms with E-state index in [-0.39, 0.29) is 4.83 Å². The molecule has 1 unspecified atom stereocenters. The van der Waals surface area contributed by atoms with Crippen molar-refractivity contribution in [2.24, 2.45) is 0 Å². The first-order chi connectivity index (χ1) is 9.28. The van der Waals surface area contributed by atoms with E-state index in [0.29, 0.717) is 0 Å². The minimum atomic E-state index is 0.198. The van der Waals surface area contributed by atoms with Crippen molar-refractivity contribution in [1.29, 1.82) is 0 Å². The lowest BCUT2D eigenvalue weighted by molar-refractivity contribution is 0.134. The van der Waals surface area contributed by atoms with E-state index < -0.39 is 0 Å². The van der Waals surface area contributed by atoms with Gasteiger partial charge in [-0.05, 0) is 34.4 Å². The van der Waals surface area contributed by atoms with E-state index in [1.165, 1.54) is 22.3 Å². The predicted molar refractivity (Wildman–Crippen MR) is 78.7 cm³/mol. The summed E-state index contributed by atoms with van der Waals surface area (Å²) in [5, 5.41) is 0. The van der Waals surface area contributed by atoms with Crippen LogP contribution in [0.2, 0.25) is 0 Å². The maximum atomic E-state index is 5.45. The van der Waals surface area contributed by atoms with Gasteiger partial charge in [0.25, 0.3) is 0 Å². The zero-order valence-corrected chi connectivity index (χ0v) is 12.3. The smallest absolute Gasteiger partial charge is 0.118 e. The molecule has 1 aliphatic rings. The van der Waals surface area contributed by atoms with E-state index in [1.807, 2.05) is 12.1 Å². The summed E-state index contributed by atoms with van der Waals surface area (Å²) in [5.74, 6) is 0.880. The Morgan fingerprint density at radius 3 is 2.42 bits per heavy atom. The summed E-state index contributed by atoms with van der Waals surface area (Å²) in [7, 11) is 1.68. The second-order valence-electron chi connectivity index (χ2n) is 4.66. The average molecular weight is 319 g/mol. The summed E-state index contributed by atoms with van der Waals surface area (Å²) in [6.45, 7) is 1.47. The minimum absolute atomic E-state index is 0.198. The van der Waals surface area contributed by atoms with Crippen molar-refractivity contribution >= 4 is 15.9 Å². The number of ether oxygens (including phenoxy) is 2. The molecular formula is C16H15BrO2. The van der Waals surface area contributed by atoms with E-state index in [4.69, 9.17) is 9.47 Å². The van der Waals surface area contributed by atoms with Gasteiger partial charge in [0.15, 0.2) is 0 Å². The summed E-state index contributed by atoms with van der Waals surface area (Å²) < 4.78 is 10.6. The van der Waals surface area contributed by atoms with Gasteiger partial charge in [0, 0.05) is 0 Å². The summed E-state index contributed by atoms with van der Waals surface area (Å²) >= 11 is 3.77. The highest BCUT2D eigenvalue weighted by molar-refractivity contribution is 9.09. The third-order valence-corrected chi connectivity index (χ3v) is 4.50. The Labute approximate surface area is 121 Å². The Balaban J connectivity index is 1.88. The van der Waals surface area contributed by atoms with Crippen LogP contribution in [-0.2, 0) is 18.0 Å². The summed E-state index contributed by atoms with van der Waals surface area (Å²) in [5.41, 5.74) is 5.09. The standard InChI is InChI=1S/C16H15BrO2/c1-18-15-6-4-11(5-7-15)16(17)12-2-3-13-9-19-10-14(13)8-12/h2-8,16H,9-10H2,1H3. The molecule has 0 aliphatic carbocycles. The van der Waals surface area contributed by atoms with Crippen LogP contribution < -0.4 is 4.74 Å². The van der Waals surface area contributed by atoms with Gasteiger partial charge in [0.2, 0.25) is 0 Å². The maximum Gasteiger partial charge on any atom is 0.118 e. The molecule has 1 atom stereocenters. The molecule has 0 N–H and O–H groups in total. The third kappa shape index (κ3) is 2.53. The first kappa shape index (κ1) is 12.7. The van der Waals surface area contributed by atoms with Gasteiger partial charge in [-0.25, -0.2) is 0 Å². The highest BCUT2D eigenvalue weighted by atomic mass is 79.9. The normalized spacial score (nSPS) is 15.1. The molecule has 3 rings (SSSR count). The van der Waals surface area contributed by atoms with Gasteiger partial charge in [-0.1, -0.05) is 46.3 Å². The fourth-order valence-electron chi connectivity index (χ4n) is 2.31. The monoisotopic (exact) mass is 318 g/mol. The number of methoxy groups -OCH3 is 1. The van der Waals surface area contributed by atoms with Gasteiger partial charge in [-0.2, -0.15) is 0 Å². The van der Waals surface area contributed by atoms with Gasteiger partial charge in [0.05, 0.1) is 25.2 Å². The molecule has 0 fully saturated rings. The number of alkyl halides is 1. The first-order valence-electron chi connectivity index (χ1n) is 6.25. The molecule has 0 amide bonds. The zero-order valence-electron chi connectivity index (χ0n) is 10.7.